The van der Waals surface area contributed by atoms with E-state index >= 15 is 0 Å². The molecule has 0 atom stereocenters. The number of rotatable bonds is 8. The summed E-state index contributed by atoms with van der Waals surface area (Å²) in [6.07, 6.45) is 0. The Morgan fingerprint density at radius 3 is 2.52 bits per heavy atom. The van der Waals surface area contributed by atoms with Gasteiger partial charge in [0, 0.05) is 25.3 Å². The molecule has 1 amide bonds. The first-order valence-corrected chi connectivity index (χ1v) is 10.8. The number of benzene rings is 1. The number of para-hydroxylation sites is 1. The van der Waals surface area contributed by atoms with E-state index in [0.717, 1.165) is 42.1 Å². The number of halogens is 2. The number of hydrogen-bond acceptors (Lipinski definition) is 5. The summed E-state index contributed by atoms with van der Waals surface area (Å²) in [4.78, 5) is 22.0. The Kier molecular flexibility index (Phi) is 8.46. The molecule has 158 valence electrons. The van der Waals surface area contributed by atoms with Gasteiger partial charge in [-0.05, 0) is 45.1 Å². The van der Waals surface area contributed by atoms with Gasteiger partial charge < -0.3 is 4.90 Å². The number of likely N-dealkylation sites (N-methyl/N-ethyl adjacent to an activating group) is 1. The summed E-state index contributed by atoms with van der Waals surface area (Å²) in [5.41, 5.74) is 2.16. The van der Waals surface area contributed by atoms with Crippen LogP contribution in [0, 0.1) is 6.92 Å². The summed E-state index contributed by atoms with van der Waals surface area (Å²) in [5, 5.41) is 5.73. The Morgan fingerprint density at radius 1 is 1.21 bits per heavy atom. The number of amides is 1. The topological polar surface area (TPSA) is 54.3 Å². The van der Waals surface area contributed by atoms with Gasteiger partial charge in [0.25, 0.3) is 5.91 Å². The minimum absolute atomic E-state index is 0. The Hall–Kier alpha value is -1.67. The van der Waals surface area contributed by atoms with Gasteiger partial charge in [0.2, 0.25) is 0 Å². The van der Waals surface area contributed by atoms with Crippen LogP contribution in [0.15, 0.2) is 24.3 Å². The van der Waals surface area contributed by atoms with Crippen molar-refractivity contribution in [3.8, 4) is 0 Å². The second-order valence-electron chi connectivity index (χ2n) is 6.55. The number of aromatic nitrogens is 3. The molecule has 29 heavy (non-hydrogen) atoms. The van der Waals surface area contributed by atoms with Crippen LogP contribution in [0.4, 0.5) is 5.13 Å². The predicted octanol–water partition coefficient (Wildman–Crippen LogP) is 4.88. The highest BCUT2D eigenvalue weighted by atomic mass is 35.5. The maximum Gasteiger partial charge on any atom is 0.280 e. The van der Waals surface area contributed by atoms with E-state index < -0.39 is 0 Å². The minimum atomic E-state index is -0.127. The number of fused-ring (bicyclic) bond motifs is 1. The molecule has 3 aromatic rings. The first-order chi connectivity index (χ1) is 13.5. The monoisotopic (exact) mass is 455 g/mol. The van der Waals surface area contributed by atoms with Gasteiger partial charge in [-0.25, -0.2) is 4.98 Å². The SMILES string of the molecule is CCN(CC)CCN(C(=O)c1cc(C)n(CC)n1)c1nc2c(Cl)cccc2s1.Cl. The van der Waals surface area contributed by atoms with Gasteiger partial charge in [-0.15, -0.1) is 12.4 Å². The molecule has 2 aromatic heterocycles. The van der Waals surface area contributed by atoms with Gasteiger partial charge in [-0.3, -0.25) is 14.4 Å². The molecule has 0 aliphatic carbocycles. The zero-order valence-electron chi connectivity index (χ0n) is 17.2. The van der Waals surface area contributed by atoms with Crippen molar-refractivity contribution in [3.63, 3.8) is 0 Å². The summed E-state index contributed by atoms with van der Waals surface area (Å²) in [6, 6.07) is 7.55. The van der Waals surface area contributed by atoms with Gasteiger partial charge in [0.1, 0.15) is 5.52 Å². The van der Waals surface area contributed by atoms with Crippen molar-refractivity contribution in [3.05, 3.63) is 40.7 Å². The number of anilines is 1. The summed E-state index contributed by atoms with van der Waals surface area (Å²) in [5.74, 6) is -0.127. The van der Waals surface area contributed by atoms with E-state index in [4.69, 9.17) is 11.6 Å². The predicted molar refractivity (Wildman–Crippen MR) is 124 cm³/mol. The van der Waals surface area contributed by atoms with Crippen LogP contribution in [0.1, 0.15) is 37.0 Å². The lowest BCUT2D eigenvalue weighted by Crippen LogP contribution is -2.39. The van der Waals surface area contributed by atoms with Crippen molar-refractivity contribution in [2.24, 2.45) is 0 Å². The molecular weight excluding hydrogens is 429 g/mol. The molecule has 0 radical (unpaired) electrons. The molecule has 6 nitrogen and oxygen atoms in total. The van der Waals surface area contributed by atoms with Crippen molar-refractivity contribution >= 4 is 56.6 Å². The lowest BCUT2D eigenvalue weighted by atomic mass is 10.3. The van der Waals surface area contributed by atoms with Gasteiger partial charge in [0.15, 0.2) is 10.8 Å². The van der Waals surface area contributed by atoms with E-state index in [2.05, 4.69) is 28.8 Å². The summed E-state index contributed by atoms with van der Waals surface area (Å²) >= 11 is 7.79. The van der Waals surface area contributed by atoms with Crippen molar-refractivity contribution in [1.29, 1.82) is 0 Å². The van der Waals surface area contributed by atoms with E-state index in [-0.39, 0.29) is 18.3 Å². The lowest BCUT2D eigenvalue weighted by molar-refractivity contribution is 0.0978. The van der Waals surface area contributed by atoms with E-state index in [1.165, 1.54) is 11.3 Å². The van der Waals surface area contributed by atoms with Gasteiger partial charge in [-0.2, -0.15) is 5.10 Å². The highest BCUT2D eigenvalue weighted by Crippen LogP contribution is 2.33. The Bertz CT molecular complexity index is 967. The zero-order valence-corrected chi connectivity index (χ0v) is 19.6. The minimum Gasteiger partial charge on any atom is -0.302 e. The third-order valence-electron chi connectivity index (χ3n) is 4.87. The number of aryl methyl sites for hydroxylation is 2. The molecule has 2 heterocycles. The van der Waals surface area contributed by atoms with Crippen LogP contribution in [0.3, 0.4) is 0 Å². The second kappa shape index (κ2) is 10.4. The fourth-order valence-corrected chi connectivity index (χ4v) is 4.45. The fourth-order valence-electron chi connectivity index (χ4n) is 3.16. The molecule has 3 rings (SSSR count). The molecule has 0 bridgehead atoms. The standard InChI is InChI=1S/C20H26ClN5OS.ClH/c1-5-24(6-2)11-12-25(19(27)16-13-14(4)26(7-3)23-16)20-22-18-15(21)9-8-10-17(18)28-20;/h8-10,13H,5-7,11-12H2,1-4H3;1H. The van der Waals surface area contributed by atoms with E-state index in [1.54, 1.807) is 4.90 Å². The average molecular weight is 456 g/mol. The van der Waals surface area contributed by atoms with E-state index in [9.17, 15) is 4.79 Å². The van der Waals surface area contributed by atoms with Crippen molar-refractivity contribution in [2.75, 3.05) is 31.1 Å². The van der Waals surface area contributed by atoms with E-state index in [1.807, 2.05) is 42.8 Å². The normalized spacial score (nSPS) is 11.1. The maximum atomic E-state index is 13.3. The number of nitrogens with zero attached hydrogens (tertiary/aromatic N) is 5. The Morgan fingerprint density at radius 2 is 1.93 bits per heavy atom. The summed E-state index contributed by atoms with van der Waals surface area (Å²) in [6.45, 7) is 12.2. The van der Waals surface area contributed by atoms with Crippen molar-refractivity contribution in [2.45, 2.75) is 34.2 Å². The number of hydrogen-bond donors (Lipinski definition) is 0. The van der Waals surface area contributed by atoms with Crippen molar-refractivity contribution in [1.82, 2.24) is 19.7 Å². The quantitative estimate of drug-likeness (QED) is 0.485. The van der Waals surface area contributed by atoms with Crippen LogP contribution < -0.4 is 4.90 Å². The highest BCUT2D eigenvalue weighted by Gasteiger charge is 2.24. The molecule has 0 N–H and O–H groups in total. The Balaban J connectivity index is 0.00000300. The van der Waals surface area contributed by atoms with Gasteiger partial charge >= 0.3 is 0 Å². The van der Waals surface area contributed by atoms with Crippen LogP contribution in [-0.4, -0.2) is 51.8 Å². The molecule has 0 aliphatic heterocycles. The van der Waals surface area contributed by atoms with Crippen LogP contribution >= 0.6 is 35.3 Å². The molecule has 0 saturated carbocycles. The van der Waals surface area contributed by atoms with Crippen LogP contribution in [0.25, 0.3) is 10.2 Å². The van der Waals surface area contributed by atoms with Crippen LogP contribution in [0.5, 0.6) is 0 Å². The third kappa shape index (κ3) is 5.09. The van der Waals surface area contributed by atoms with E-state index in [0.29, 0.717) is 22.4 Å². The van der Waals surface area contributed by atoms with Crippen LogP contribution in [0.2, 0.25) is 5.02 Å². The van der Waals surface area contributed by atoms with Crippen LogP contribution in [-0.2, 0) is 6.54 Å². The molecule has 1 aromatic carbocycles. The first kappa shape index (κ1) is 23.6. The van der Waals surface area contributed by atoms with Gasteiger partial charge in [0.05, 0.1) is 9.72 Å². The average Bonchev–Trinajstić information content (AvgIpc) is 3.29. The Labute approximate surface area is 186 Å². The molecule has 9 heteroatoms. The third-order valence-corrected chi connectivity index (χ3v) is 6.22. The smallest absolute Gasteiger partial charge is 0.280 e. The molecule has 0 fully saturated rings. The maximum absolute atomic E-state index is 13.3. The highest BCUT2D eigenvalue weighted by molar-refractivity contribution is 7.22. The lowest BCUT2D eigenvalue weighted by Gasteiger charge is -2.24. The second-order valence-corrected chi connectivity index (χ2v) is 7.97. The largest absolute Gasteiger partial charge is 0.302 e. The van der Waals surface area contributed by atoms with Crippen molar-refractivity contribution < 1.29 is 4.79 Å². The summed E-state index contributed by atoms with van der Waals surface area (Å²) < 4.78 is 2.81. The number of thiazole rings is 1. The van der Waals surface area contributed by atoms with Gasteiger partial charge in [-0.1, -0.05) is 42.9 Å². The molecule has 0 saturated heterocycles. The molecule has 0 spiro atoms. The molecule has 0 unspecified atom stereocenters. The molecular formula is C20H27Cl2N5OS. The number of carbonyl (C=O) groups excluding carboxylic acids is 1. The fraction of sp³-hybridized carbons (Fsp3) is 0.450. The zero-order chi connectivity index (χ0) is 20.3. The number of carbonyl (C=O) groups is 1. The summed E-state index contributed by atoms with van der Waals surface area (Å²) in [7, 11) is 0. The first-order valence-electron chi connectivity index (χ1n) is 9.62. The molecule has 0 aliphatic rings.